The maximum absolute atomic E-state index is 14.4. The molecule has 4 nitrogen and oxygen atoms in total. The lowest BCUT2D eigenvalue weighted by atomic mass is 9.76. The van der Waals surface area contributed by atoms with Crippen LogP contribution in [0.15, 0.2) is 133 Å². The molecule has 2 atom stereocenters. The summed E-state index contributed by atoms with van der Waals surface area (Å²) in [5.74, 6) is 0.0442. The molecule has 1 aliphatic carbocycles. The fourth-order valence-electron chi connectivity index (χ4n) is 6.58. The molecular weight excluding hydrogens is 542 g/mol. The number of nitrogens with zero attached hydrogens (tertiary/aromatic N) is 1. The molecule has 0 N–H and O–H groups in total. The molecule has 1 amide bonds. The Hall–Kier alpha value is -4.96. The van der Waals surface area contributed by atoms with Crippen LogP contribution >= 0.6 is 0 Å². The summed E-state index contributed by atoms with van der Waals surface area (Å²) < 4.78 is 4.99. The molecule has 0 unspecified atom stereocenters. The van der Waals surface area contributed by atoms with E-state index in [2.05, 4.69) is 71.6 Å². The summed E-state index contributed by atoms with van der Waals surface area (Å²) in [5.41, 5.74) is 8.20. The van der Waals surface area contributed by atoms with Crippen LogP contribution in [0.4, 0.5) is 0 Å². The first-order chi connectivity index (χ1) is 21.6. The summed E-state index contributed by atoms with van der Waals surface area (Å²) in [6.07, 6.45) is 3.27. The minimum absolute atomic E-state index is 0.0286. The van der Waals surface area contributed by atoms with Crippen LogP contribution in [0.2, 0.25) is 0 Å². The monoisotopic (exact) mass is 579 g/mol. The van der Waals surface area contributed by atoms with E-state index < -0.39 is 0 Å². The number of carbonyl (C=O) groups is 2. The van der Waals surface area contributed by atoms with E-state index >= 15 is 0 Å². The van der Waals surface area contributed by atoms with Crippen LogP contribution in [-0.2, 0) is 35.3 Å². The quantitative estimate of drug-likeness (QED) is 0.165. The second-order valence-corrected chi connectivity index (χ2v) is 11.6. The van der Waals surface area contributed by atoms with Crippen molar-refractivity contribution in [1.29, 1.82) is 0 Å². The van der Waals surface area contributed by atoms with E-state index in [4.69, 9.17) is 4.74 Å². The van der Waals surface area contributed by atoms with E-state index in [0.29, 0.717) is 24.4 Å². The molecule has 220 valence electrons. The van der Waals surface area contributed by atoms with Crippen molar-refractivity contribution >= 4 is 11.9 Å². The molecule has 0 heterocycles. The van der Waals surface area contributed by atoms with Crippen molar-refractivity contribution in [2.45, 2.75) is 38.3 Å². The Bertz CT molecular complexity index is 1710. The lowest BCUT2D eigenvalue weighted by Crippen LogP contribution is -2.41. The summed E-state index contributed by atoms with van der Waals surface area (Å²) in [6.45, 7) is 0.550. The van der Waals surface area contributed by atoms with Gasteiger partial charge in [-0.1, -0.05) is 127 Å². The molecule has 0 spiro atoms. The lowest BCUT2D eigenvalue weighted by Gasteiger charge is -2.42. The van der Waals surface area contributed by atoms with E-state index in [-0.39, 0.29) is 17.9 Å². The Balaban J connectivity index is 1.32. The minimum Gasteiger partial charge on any atom is -0.465 e. The number of rotatable bonds is 9. The number of fused-ring (bicyclic) bond motifs is 1. The molecule has 0 radical (unpaired) electrons. The van der Waals surface area contributed by atoms with Gasteiger partial charge in [0.15, 0.2) is 0 Å². The third-order valence-electron chi connectivity index (χ3n) is 8.75. The van der Waals surface area contributed by atoms with Crippen LogP contribution in [0.25, 0.3) is 11.1 Å². The predicted octanol–water partition coefficient (Wildman–Crippen LogP) is 8.26. The van der Waals surface area contributed by atoms with E-state index in [1.165, 1.54) is 23.8 Å². The first-order valence-corrected chi connectivity index (χ1v) is 15.3. The van der Waals surface area contributed by atoms with Crippen LogP contribution in [0.1, 0.15) is 50.6 Å². The summed E-state index contributed by atoms with van der Waals surface area (Å²) in [6, 6.07) is 45.0. The minimum atomic E-state index is -0.366. The highest BCUT2D eigenvalue weighted by atomic mass is 16.5. The second-order valence-electron chi connectivity index (χ2n) is 11.6. The second kappa shape index (κ2) is 13.6. The number of aryl methyl sites for hydroxylation is 1. The third kappa shape index (κ3) is 6.50. The Kier molecular flexibility index (Phi) is 8.98. The molecule has 0 aliphatic heterocycles. The van der Waals surface area contributed by atoms with E-state index in [1.807, 2.05) is 60.7 Å². The van der Waals surface area contributed by atoms with Gasteiger partial charge in [-0.2, -0.15) is 0 Å². The Morgan fingerprint density at radius 2 is 1.34 bits per heavy atom. The van der Waals surface area contributed by atoms with Gasteiger partial charge < -0.3 is 9.64 Å². The zero-order chi connectivity index (χ0) is 30.3. The molecule has 6 rings (SSSR count). The molecule has 4 heteroatoms. The maximum Gasteiger partial charge on any atom is 0.338 e. The molecule has 1 aliphatic rings. The highest BCUT2D eigenvalue weighted by Crippen LogP contribution is 2.41. The highest BCUT2D eigenvalue weighted by molar-refractivity contribution is 5.97. The van der Waals surface area contributed by atoms with Crippen molar-refractivity contribution in [3.63, 3.8) is 0 Å². The number of ether oxygens (including phenoxy) is 1. The molecule has 0 saturated carbocycles. The number of hydrogen-bond donors (Lipinski definition) is 0. The van der Waals surface area contributed by atoms with Crippen LogP contribution in [0.5, 0.6) is 0 Å². The molecule has 0 aromatic heterocycles. The van der Waals surface area contributed by atoms with Gasteiger partial charge in [0, 0.05) is 6.54 Å². The largest absolute Gasteiger partial charge is 0.465 e. The standard InChI is InChI=1S/C40H37NO3/c1-44-40(43)37-19-11-10-17-35(37)33-22-20-30(21-23-33)27-38(42)41(28-31-14-6-3-7-15-31)39-34(26-29-12-4-2-5-13-29)25-24-32-16-8-9-18-36(32)39/h2-23,34,39H,24-28H2,1H3/t34-,39-/m0/s1. The number of esters is 1. The summed E-state index contributed by atoms with van der Waals surface area (Å²) in [7, 11) is 1.39. The predicted molar refractivity (Wildman–Crippen MR) is 175 cm³/mol. The van der Waals surface area contributed by atoms with Gasteiger partial charge in [0.05, 0.1) is 25.1 Å². The van der Waals surface area contributed by atoms with E-state index in [1.54, 1.807) is 6.07 Å². The summed E-state index contributed by atoms with van der Waals surface area (Å²) in [5, 5.41) is 0. The Morgan fingerprint density at radius 3 is 2.07 bits per heavy atom. The molecule has 0 bridgehead atoms. The number of benzene rings is 5. The van der Waals surface area contributed by atoms with Crippen molar-refractivity contribution in [2.75, 3.05) is 7.11 Å². The van der Waals surface area contributed by atoms with Crippen LogP contribution in [-0.4, -0.2) is 23.9 Å². The smallest absolute Gasteiger partial charge is 0.338 e. The number of carbonyl (C=O) groups excluding carboxylic acids is 2. The highest BCUT2D eigenvalue weighted by Gasteiger charge is 2.36. The number of hydrogen-bond acceptors (Lipinski definition) is 3. The third-order valence-corrected chi connectivity index (χ3v) is 8.75. The van der Waals surface area contributed by atoms with Crippen molar-refractivity contribution in [3.8, 4) is 11.1 Å². The average Bonchev–Trinajstić information content (AvgIpc) is 3.08. The van der Waals surface area contributed by atoms with E-state index in [9.17, 15) is 9.59 Å². The Labute approximate surface area is 259 Å². The summed E-state index contributed by atoms with van der Waals surface area (Å²) >= 11 is 0. The SMILES string of the molecule is COC(=O)c1ccccc1-c1ccc(CC(=O)N(Cc2ccccc2)[C@@H]2c3ccccc3CC[C@H]2Cc2ccccc2)cc1. The van der Waals surface area contributed by atoms with Crippen LogP contribution in [0, 0.1) is 5.92 Å². The summed E-state index contributed by atoms with van der Waals surface area (Å²) in [4.78, 5) is 28.9. The molecule has 5 aromatic rings. The van der Waals surface area contributed by atoms with Gasteiger partial charge in [0.1, 0.15) is 0 Å². The fraction of sp³-hybridized carbons (Fsp3) is 0.200. The Morgan fingerprint density at radius 1 is 0.705 bits per heavy atom. The first-order valence-electron chi connectivity index (χ1n) is 15.3. The van der Waals surface area contributed by atoms with Crippen molar-refractivity contribution in [2.24, 2.45) is 5.92 Å². The topological polar surface area (TPSA) is 46.6 Å². The molecule has 0 saturated heterocycles. The van der Waals surface area contributed by atoms with Gasteiger partial charge in [0.2, 0.25) is 5.91 Å². The van der Waals surface area contributed by atoms with Gasteiger partial charge in [-0.25, -0.2) is 4.79 Å². The normalized spacial score (nSPS) is 15.7. The van der Waals surface area contributed by atoms with Crippen molar-refractivity contribution < 1.29 is 14.3 Å². The molecular formula is C40H37NO3. The van der Waals surface area contributed by atoms with Crippen LogP contribution in [0.3, 0.4) is 0 Å². The van der Waals surface area contributed by atoms with Crippen molar-refractivity contribution in [1.82, 2.24) is 4.90 Å². The van der Waals surface area contributed by atoms with E-state index in [0.717, 1.165) is 41.5 Å². The van der Waals surface area contributed by atoms with Crippen LogP contribution < -0.4 is 0 Å². The molecule has 5 aromatic carbocycles. The number of methoxy groups -OCH3 is 1. The van der Waals surface area contributed by atoms with Gasteiger partial charge >= 0.3 is 5.97 Å². The van der Waals surface area contributed by atoms with Gasteiger partial charge in [-0.15, -0.1) is 0 Å². The first kappa shape index (κ1) is 29.1. The van der Waals surface area contributed by atoms with Gasteiger partial charge in [-0.05, 0) is 70.2 Å². The molecule has 44 heavy (non-hydrogen) atoms. The van der Waals surface area contributed by atoms with Crippen molar-refractivity contribution in [3.05, 3.63) is 167 Å². The fourth-order valence-corrected chi connectivity index (χ4v) is 6.58. The lowest BCUT2D eigenvalue weighted by molar-refractivity contribution is -0.135. The van der Waals surface area contributed by atoms with Gasteiger partial charge in [0.25, 0.3) is 0 Å². The maximum atomic E-state index is 14.4. The zero-order valence-electron chi connectivity index (χ0n) is 25.1. The average molecular weight is 580 g/mol. The van der Waals surface area contributed by atoms with Gasteiger partial charge in [-0.3, -0.25) is 4.79 Å². The molecule has 0 fully saturated rings. The zero-order valence-corrected chi connectivity index (χ0v) is 25.1. The number of amides is 1.